The van der Waals surface area contributed by atoms with Gasteiger partial charge in [-0.3, -0.25) is 4.79 Å². The minimum Gasteiger partial charge on any atom is -0.493 e. The molecule has 1 heterocycles. The molecular weight excluding hydrogens is 292 g/mol. The van der Waals surface area contributed by atoms with Gasteiger partial charge in [0.25, 0.3) is 5.91 Å². The Morgan fingerprint density at radius 2 is 2.04 bits per heavy atom. The number of nitrogens with zero attached hydrogens (tertiary/aromatic N) is 1. The smallest absolute Gasteiger partial charge is 0.254 e. The van der Waals surface area contributed by atoms with Crippen LogP contribution in [-0.4, -0.2) is 49.7 Å². The molecule has 23 heavy (non-hydrogen) atoms. The normalized spacial score (nSPS) is 22.2. The lowest BCUT2D eigenvalue weighted by Gasteiger charge is -2.34. The van der Waals surface area contributed by atoms with Crippen LogP contribution in [0.3, 0.4) is 0 Å². The van der Waals surface area contributed by atoms with Gasteiger partial charge >= 0.3 is 0 Å². The standard InChI is InChI=1S/C18H26N2O3/c1-13-12-19-9-10-20(13)18(21)14-7-8-16(17(11-14)22-2)23-15-5-3-4-6-15/h7-8,11,13,15,19H,3-6,9-10,12H2,1-2H3. The Morgan fingerprint density at radius 1 is 1.26 bits per heavy atom. The quantitative estimate of drug-likeness (QED) is 0.926. The molecule has 1 amide bonds. The second kappa shape index (κ2) is 7.21. The lowest BCUT2D eigenvalue weighted by molar-refractivity contribution is 0.0655. The van der Waals surface area contributed by atoms with E-state index in [1.54, 1.807) is 13.2 Å². The molecule has 0 bridgehead atoms. The fourth-order valence-corrected chi connectivity index (χ4v) is 3.39. The predicted molar refractivity (Wildman–Crippen MR) is 89.2 cm³/mol. The van der Waals surface area contributed by atoms with E-state index in [2.05, 4.69) is 12.2 Å². The van der Waals surface area contributed by atoms with Gasteiger partial charge in [-0.25, -0.2) is 0 Å². The molecule has 0 radical (unpaired) electrons. The van der Waals surface area contributed by atoms with Gasteiger partial charge in [0.05, 0.1) is 13.2 Å². The van der Waals surface area contributed by atoms with Crippen LogP contribution >= 0.6 is 0 Å². The minimum atomic E-state index is 0.0599. The maximum Gasteiger partial charge on any atom is 0.254 e. The molecule has 1 aromatic rings. The Labute approximate surface area is 137 Å². The zero-order valence-electron chi connectivity index (χ0n) is 14.0. The number of ether oxygens (including phenoxy) is 2. The molecule has 1 aromatic carbocycles. The van der Waals surface area contributed by atoms with Gasteiger partial charge in [-0.15, -0.1) is 0 Å². The van der Waals surface area contributed by atoms with Crippen LogP contribution in [0.1, 0.15) is 43.0 Å². The van der Waals surface area contributed by atoms with Crippen molar-refractivity contribution in [1.82, 2.24) is 10.2 Å². The van der Waals surface area contributed by atoms with E-state index in [1.165, 1.54) is 12.8 Å². The van der Waals surface area contributed by atoms with Crippen molar-refractivity contribution in [2.75, 3.05) is 26.7 Å². The summed E-state index contributed by atoms with van der Waals surface area (Å²) in [6, 6.07) is 5.74. The maximum absolute atomic E-state index is 12.7. The van der Waals surface area contributed by atoms with E-state index in [-0.39, 0.29) is 18.1 Å². The number of hydrogen-bond donors (Lipinski definition) is 1. The molecular formula is C18H26N2O3. The molecule has 1 saturated heterocycles. The van der Waals surface area contributed by atoms with Crippen molar-refractivity contribution < 1.29 is 14.3 Å². The molecule has 1 atom stereocenters. The average molecular weight is 318 g/mol. The van der Waals surface area contributed by atoms with Crippen molar-refractivity contribution in [2.24, 2.45) is 0 Å². The third-order valence-corrected chi connectivity index (χ3v) is 4.77. The highest BCUT2D eigenvalue weighted by Crippen LogP contribution is 2.32. The zero-order valence-corrected chi connectivity index (χ0v) is 14.0. The Morgan fingerprint density at radius 3 is 2.74 bits per heavy atom. The number of nitrogens with one attached hydrogen (secondary N) is 1. The monoisotopic (exact) mass is 318 g/mol. The number of carbonyl (C=O) groups excluding carboxylic acids is 1. The van der Waals surface area contributed by atoms with Gasteiger partial charge in [0.1, 0.15) is 0 Å². The van der Waals surface area contributed by atoms with Gasteiger partial charge in [-0.05, 0) is 50.8 Å². The molecule has 5 heteroatoms. The van der Waals surface area contributed by atoms with Crippen LogP contribution in [0.2, 0.25) is 0 Å². The third-order valence-electron chi connectivity index (χ3n) is 4.77. The highest BCUT2D eigenvalue weighted by molar-refractivity contribution is 5.95. The topological polar surface area (TPSA) is 50.8 Å². The fraction of sp³-hybridized carbons (Fsp3) is 0.611. The Kier molecular flexibility index (Phi) is 5.06. The van der Waals surface area contributed by atoms with Crippen LogP contribution in [0.5, 0.6) is 11.5 Å². The number of hydrogen-bond acceptors (Lipinski definition) is 4. The lowest BCUT2D eigenvalue weighted by Crippen LogP contribution is -2.52. The average Bonchev–Trinajstić information content (AvgIpc) is 3.08. The highest BCUT2D eigenvalue weighted by atomic mass is 16.5. The van der Waals surface area contributed by atoms with Crippen LogP contribution < -0.4 is 14.8 Å². The van der Waals surface area contributed by atoms with E-state index in [0.29, 0.717) is 11.3 Å². The van der Waals surface area contributed by atoms with Gasteiger partial charge in [0.15, 0.2) is 11.5 Å². The van der Waals surface area contributed by atoms with E-state index < -0.39 is 0 Å². The van der Waals surface area contributed by atoms with E-state index in [9.17, 15) is 4.79 Å². The molecule has 0 spiro atoms. The van der Waals surface area contributed by atoms with Crippen LogP contribution in [0.15, 0.2) is 18.2 Å². The maximum atomic E-state index is 12.7. The van der Waals surface area contributed by atoms with Crippen molar-refractivity contribution in [2.45, 2.75) is 44.8 Å². The minimum absolute atomic E-state index is 0.0599. The first kappa shape index (κ1) is 16.1. The van der Waals surface area contributed by atoms with Gasteiger partial charge < -0.3 is 19.7 Å². The highest BCUT2D eigenvalue weighted by Gasteiger charge is 2.25. The SMILES string of the molecule is COc1cc(C(=O)N2CCNCC2C)ccc1OC1CCCC1. The summed E-state index contributed by atoms with van der Waals surface area (Å²) < 4.78 is 11.5. The van der Waals surface area contributed by atoms with E-state index in [1.807, 2.05) is 17.0 Å². The molecule has 1 N–H and O–H groups in total. The molecule has 1 aliphatic carbocycles. The van der Waals surface area contributed by atoms with Crippen molar-refractivity contribution in [3.8, 4) is 11.5 Å². The van der Waals surface area contributed by atoms with Crippen LogP contribution in [-0.2, 0) is 0 Å². The molecule has 126 valence electrons. The predicted octanol–water partition coefficient (Wildman–Crippen LogP) is 2.45. The van der Waals surface area contributed by atoms with Crippen molar-refractivity contribution in [3.05, 3.63) is 23.8 Å². The van der Waals surface area contributed by atoms with Crippen LogP contribution in [0.25, 0.3) is 0 Å². The molecule has 0 aromatic heterocycles. The first-order valence-electron chi connectivity index (χ1n) is 8.55. The summed E-state index contributed by atoms with van der Waals surface area (Å²) in [5.41, 5.74) is 0.661. The van der Waals surface area contributed by atoms with Crippen molar-refractivity contribution in [3.63, 3.8) is 0 Å². The van der Waals surface area contributed by atoms with Crippen LogP contribution in [0.4, 0.5) is 0 Å². The number of benzene rings is 1. The molecule has 1 aliphatic heterocycles. The van der Waals surface area contributed by atoms with E-state index in [4.69, 9.17) is 9.47 Å². The van der Waals surface area contributed by atoms with Crippen molar-refractivity contribution in [1.29, 1.82) is 0 Å². The number of carbonyl (C=O) groups is 1. The Hall–Kier alpha value is -1.75. The number of amides is 1. The van der Waals surface area contributed by atoms with E-state index >= 15 is 0 Å². The van der Waals surface area contributed by atoms with E-state index in [0.717, 1.165) is 38.2 Å². The Bertz CT molecular complexity index is 555. The number of methoxy groups -OCH3 is 1. The Balaban J connectivity index is 1.76. The van der Waals surface area contributed by atoms with Crippen LogP contribution in [0, 0.1) is 0 Å². The van der Waals surface area contributed by atoms with Gasteiger partial charge in [-0.1, -0.05) is 0 Å². The lowest BCUT2D eigenvalue weighted by atomic mass is 10.1. The molecule has 1 unspecified atom stereocenters. The van der Waals surface area contributed by atoms with Gasteiger partial charge in [0, 0.05) is 31.2 Å². The third kappa shape index (κ3) is 3.61. The first-order chi connectivity index (χ1) is 11.2. The molecule has 1 saturated carbocycles. The molecule has 2 aliphatic rings. The summed E-state index contributed by atoms with van der Waals surface area (Å²) in [5.74, 6) is 1.44. The number of piperazine rings is 1. The second-order valence-electron chi connectivity index (χ2n) is 6.44. The summed E-state index contributed by atoms with van der Waals surface area (Å²) in [4.78, 5) is 14.7. The van der Waals surface area contributed by atoms with Gasteiger partial charge in [0.2, 0.25) is 0 Å². The van der Waals surface area contributed by atoms with Gasteiger partial charge in [-0.2, -0.15) is 0 Å². The summed E-state index contributed by atoms with van der Waals surface area (Å²) in [7, 11) is 1.62. The number of rotatable bonds is 4. The van der Waals surface area contributed by atoms with Crippen molar-refractivity contribution >= 4 is 5.91 Å². The second-order valence-corrected chi connectivity index (χ2v) is 6.44. The largest absolute Gasteiger partial charge is 0.493 e. The fourth-order valence-electron chi connectivity index (χ4n) is 3.39. The first-order valence-corrected chi connectivity index (χ1v) is 8.55. The molecule has 5 nitrogen and oxygen atoms in total. The molecule has 2 fully saturated rings. The molecule has 3 rings (SSSR count). The zero-order chi connectivity index (χ0) is 16.2. The summed E-state index contributed by atoms with van der Waals surface area (Å²) in [5, 5.41) is 3.30. The summed E-state index contributed by atoms with van der Waals surface area (Å²) in [6.45, 7) is 4.49. The summed E-state index contributed by atoms with van der Waals surface area (Å²) >= 11 is 0. The summed E-state index contributed by atoms with van der Waals surface area (Å²) in [6.07, 6.45) is 4.93.